The van der Waals surface area contributed by atoms with E-state index in [9.17, 15) is 0 Å². The molecule has 1 aliphatic rings. The average Bonchev–Trinajstić information content (AvgIpc) is 2.95. The molecule has 2 heterocycles. The fraction of sp³-hybridized carbons (Fsp3) is 0.667. The fourth-order valence-corrected chi connectivity index (χ4v) is 2.46. The van der Waals surface area contributed by atoms with Gasteiger partial charge in [-0.05, 0) is 18.8 Å². The standard InChI is InChI=1S/C15H26N6/c1-6-8-16-14(21-9-7-15(3,4)11-21)17-10-13-19-18-12(2)20(13)5/h6H,1,7-11H2,2-5H3,(H,16,17). The highest BCUT2D eigenvalue weighted by Crippen LogP contribution is 2.28. The number of aryl methyl sites for hydroxylation is 1. The van der Waals surface area contributed by atoms with Crippen LogP contribution >= 0.6 is 0 Å². The van der Waals surface area contributed by atoms with E-state index in [4.69, 9.17) is 4.99 Å². The Labute approximate surface area is 127 Å². The van der Waals surface area contributed by atoms with Crippen LogP contribution in [0, 0.1) is 12.3 Å². The first-order valence-electron chi connectivity index (χ1n) is 7.42. The van der Waals surface area contributed by atoms with Crippen molar-refractivity contribution in [2.75, 3.05) is 19.6 Å². The molecule has 0 unspecified atom stereocenters. The molecule has 1 aromatic heterocycles. The lowest BCUT2D eigenvalue weighted by Gasteiger charge is -2.23. The molecule has 0 atom stereocenters. The normalized spacial score (nSPS) is 18.1. The Kier molecular flexibility index (Phi) is 4.65. The lowest BCUT2D eigenvalue weighted by molar-refractivity contribution is 0.370. The summed E-state index contributed by atoms with van der Waals surface area (Å²) < 4.78 is 1.97. The van der Waals surface area contributed by atoms with Gasteiger partial charge in [0.1, 0.15) is 12.4 Å². The van der Waals surface area contributed by atoms with Crippen LogP contribution in [0.25, 0.3) is 0 Å². The molecule has 0 saturated carbocycles. The number of hydrogen-bond donors (Lipinski definition) is 1. The van der Waals surface area contributed by atoms with Gasteiger partial charge in [-0.15, -0.1) is 16.8 Å². The Morgan fingerprint density at radius 3 is 2.76 bits per heavy atom. The highest BCUT2D eigenvalue weighted by molar-refractivity contribution is 5.80. The molecule has 0 aromatic carbocycles. The van der Waals surface area contributed by atoms with E-state index in [-0.39, 0.29) is 0 Å². The third-order valence-corrected chi connectivity index (χ3v) is 3.93. The van der Waals surface area contributed by atoms with Crippen molar-refractivity contribution in [3.63, 3.8) is 0 Å². The molecule has 0 bridgehead atoms. The second-order valence-electron chi connectivity index (χ2n) is 6.37. The zero-order valence-electron chi connectivity index (χ0n) is 13.6. The Hall–Kier alpha value is -1.85. The van der Waals surface area contributed by atoms with Crippen LogP contribution in [0.5, 0.6) is 0 Å². The number of aliphatic imine (C=N–C) groups is 1. The smallest absolute Gasteiger partial charge is 0.194 e. The second kappa shape index (κ2) is 6.28. The highest BCUT2D eigenvalue weighted by Gasteiger charge is 2.30. The number of hydrogen-bond acceptors (Lipinski definition) is 3. The molecule has 1 aromatic rings. The summed E-state index contributed by atoms with van der Waals surface area (Å²) in [6.45, 7) is 13.6. The van der Waals surface area contributed by atoms with Gasteiger partial charge in [0.05, 0.1) is 0 Å². The van der Waals surface area contributed by atoms with E-state index in [0.717, 1.165) is 30.7 Å². The van der Waals surface area contributed by atoms with Gasteiger partial charge < -0.3 is 14.8 Å². The minimum Gasteiger partial charge on any atom is -0.353 e. The quantitative estimate of drug-likeness (QED) is 0.518. The van der Waals surface area contributed by atoms with Crippen LogP contribution in [0.4, 0.5) is 0 Å². The van der Waals surface area contributed by atoms with Crippen molar-refractivity contribution in [2.24, 2.45) is 17.5 Å². The van der Waals surface area contributed by atoms with Crippen molar-refractivity contribution in [1.82, 2.24) is 25.0 Å². The van der Waals surface area contributed by atoms with E-state index in [2.05, 4.69) is 40.8 Å². The van der Waals surface area contributed by atoms with Crippen LogP contribution in [0.2, 0.25) is 0 Å². The van der Waals surface area contributed by atoms with Crippen LogP contribution in [-0.2, 0) is 13.6 Å². The minimum atomic E-state index is 0.345. The molecule has 1 fully saturated rings. The summed E-state index contributed by atoms with van der Waals surface area (Å²) in [5.41, 5.74) is 0.345. The predicted octanol–water partition coefficient (Wildman–Crippen LogP) is 1.49. The van der Waals surface area contributed by atoms with Crippen molar-refractivity contribution >= 4 is 5.96 Å². The lowest BCUT2D eigenvalue weighted by Crippen LogP contribution is -2.41. The molecule has 0 aliphatic carbocycles. The Bertz CT molecular complexity index is 528. The van der Waals surface area contributed by atoms with Crippen LogP contribution in [-0.4, -0.2) is 45.3 Å². The van der Waals surface area contributed by atoms with E-state index < -0.39 is 0 Å². The van der Waals surface area contributed by atoms with Crippen molar-refractivity contribution in [1.29, 1.82) is 0 Å². The van der Waals surface area contributed by atoms with Crippen LogP contribution in [0.1, 0.15) is 31.9 Å². The molecule has 6 nitrogen and oxygen atoms in total. The monoisotopic (exact) mass is 290 g/mol. The molecular weight excluding hydrogens is 264 g/mol. The van der Waals surface area contributed by atoms with Gasteiger partial charge in [0.25, 0.3) is 0 Å². The van der Waals surface area contributed by atoms with Gasteiger partial charge in [-0.3, -0.25) is 0 Å². The third kappa shape index (κ3) is 3.83. The molecule has 0 radical (unpaired) electrons. The van der Waals surface area contributed by atoms with E-state index in [1.165, 1.54) is 6.42 Å². The van der Waals surface area contributed by atoms with Crippen molar-refractivity contribution in [3.8, 4) is 0 Å². The van der Waals surface area contributed by atoms with Gasteiger partial charge >= 0.3 is 0 Å². The maximum Gasteiger partial charge on any atom is 0.194 e. The van der Waals surface area contributed by atoms with Crippen molar-refractivity contribution in [3.05, 3.63) is 24.3 Å². The van der Waals surface area contributed by atoms with Gasteiger partial charge in [0.15, 0.2) is 11.8 Å². The van der Waals surface area contributed by atoms with Crippen molar-refractivity contribution < 1.29 is 0 Å². The lowest BCUT2D eigenvalue weighted by atomic mass is 9.93. The van der Waals surface area contributed by atoms with Crippen LogP contribution in [0.3, 0.4) is 0 Å². The SMILES string of the molecule is C=CCNC(=NCc1nnc(C)n1C)N1CCC(C)(C)C1. The first kappa shape index (κ1) is 15.5. The molecule has 116 valence electrons. The molecule has 1 aliphatic heterocycles. The Balaban J connectivity index is 2.10. The maximum absolute atomic E-state index is 4.71. The van der Waals surface area contributed by atoms with Gasteiger partial charge in [-0.2, -0.15) is 0 Å². The van der Waals surface area contributed by atoms with E-state index in [1.54, 1.807) is 0 Å². The fourth-order valence-electron chi connectivity index (χ4n) is 2.46. The molecule has 21 heavy (non-hydrogen) atoms. The van der Waals surface area contributed by atoms with E-state index in [1.807, 2.05) is 24.6 Å². The topological polar surface area (TPSA) is 58.3 Å². The van der Waals surface area contributed by atoms with Gasteiger partial charge in [-0.1, -0.05) is 19.9 Å². The van der Waals surface area contributed by atoms with Crippen LogP contribution < -0.4 is 5.32 Å². The van der Waals surface area contributed by atoms with Gasteiger partial charge in [0, 0.05) is 26.7 Å². The Morgan fingerprint density at radius 1 is 1.48 bits per heavy atom. The molecule has 1 saturated heterocycles. The number of guanidine groups is 1. The third-order valence-electron chi connectivity index (χ3n) is 3.93. The largest absolute Gasteiger partial charge is 0.353 e. The highest BCUT2D eigenvalue weighted by atomic mass is 15.3. The summed E-state index contributed by atoms with van der Waals surface area (Å²) in [6.07, 6.45) is 3.04. The number of likely N-dealkylation sites (tertiary alicyclic amines) is 1. The number of aromatic nitrogens is 3. The summed E-state index contributed by atoms with van der Waals surface area (Å²) >= 11 is 0. The van der Waals surface area contributed by atoms with E-state index in [0.29, 0.717) is 18.5 Å². The van der Waals surface area contributed by atoms with Crippen molar-refractivity contribution in [2.45, 2.75) is 33.7 Å². The molecule has 2 rings (SSSR count). The van der Waals surface area contributed by atoms with Crippen LogP contribution in [0.15, 0.2) is 17.6 Å². The summed E-state index contributed by atoms with van der Waals surface area (Å²) in [6, 6.07) is 0. The molecular formula is C15H26N6. The zero-order chi connectivity index (χ0) is 15.5. The van der Waals surface area contributed by atoms with E-state index >= 15 is 0 Å². The maximum atomic E-state index is 4.71. The summed E-state index contributed by atoms with van der Waals surface area (Å²) in [5.74, 6) is 2.72. The molecule has 6 heteroatoms. The number of nitrogens with one attached hydrogen (secondary N) is 1. The van der Waals surface area contributed by atoms with Gasteiger partial charge in [-0.25, -0.2) is 4.99 Å². The molecule has 0 spiro atoms. The first-order chi connectivity index (χ1) is 9.93. The second-order valence-corrected chi connectivity index (χ2v) is 6.37. The zero-order valence-corrected chi connectivity index (χ0v) is 13.6. The summed E-state index contributed by atoms with van der Waals surface area (Å²) in [4.78, 5) is 7.03. The first-order valence-corrected chi connectivity index (χ1v) is 7.42. The average molecular weight is 290 g/mol. The van der Waals surface area contributed by atoms with Gasteiger partial charge in [0.2, 0.25) is 0 Å². The predicted molar refractivity (Wildman–Crippen MR) is 85.0 cm³/mol. The Morgan fingerprint density at radius 2 is 2.24 bits per heavy atom. The minimum absolute atomic E-state index is 0.345. The summed E-state index contributed by atoms with van der Waals surface area (Å²) in [5, 5.41) is 11.6. The number of nitrogens with zero attached hydrogens (tertiary/aromatic N) is 5. The summed E-state index contributed by atoms with van der Waals surface area (Å²) in [7, 11) is 1.97. The molecule has 0 amide bonds. The molecule has 1 N–H and O–H groups in total. The number of rotatable bonds is 4.